The van der Waals surface area contributed by atoms with E-state index in [-0.39, 0.29) is 24.0 Å². The number of esters is 2. The Balaban J connectivity index is 5.04. The van der Waals surface area contributed by atoms with E-state index >= 15 is 0 Å². The third-order valence-electron chi connectivity index (χ3n) is 1.86. The minimum atomic E-state index is -0.701. The summed E-state index contributed by atoms with van der Waals surface area (Å²) in [5.74, 6) is -2.05. The SMILES string of the molecule is COC(=O)C=CCC(C(C)=O)=C(C=O)OC(C)=O. The Morgan fingerprint density at radius 3 is 2.17 bits per heavy atom. The van der Waals surface area contributed by atoms with Gasteiger partial charge in [0.2, 0.25) is 0 Å². The number of carbonyl (C=O) groups is 4. The molecule has 0 aromatic heterocycles. The summed E-state index contributed by atoms with van der Waals surface area (Å²) in [4.78, 5) is 43.6. The Kier molecular flexibility index (Phi) is 6.95. The Bertz CT molecular complexity index is 416. The normalized spacial score (nSPS) is 11.7. The molecule has 0 unspecified atom stereocenters. The van der Waals surface area contributed by atoms with Crippen LogP contribution >= 0.6 is 0 Å². The fourth-order valence-electron chi connectivity index (χ4n) is 1.07. The maximum absolute atomic E-state index is 11.3. The molecule has 6 nitrogen and oxygen atoms in total. The van der Waals surface area contributed by atoms with Crippen molar-refractivity contribution < 1.29 is 28.7 Å². The molecular weight excluding hydrogens is 240 g/mol. The van der Waals surface area contributed by atoms with E-state index in [0.717, 1.165) is 13.0 Å². The van der Waals surface area contributed by atoms with Gasteiger partial charge in [-0.25, -0.2) is 4.79 Å². The monoisotopic (exact) mass is 254 g/mol. The Morgan fingerprint density at radius 2 is 1.78 bits per heavy atom. The van der Waals surface area contributed by atoms with Gasteiger partial charge in [0.25, 0.3) is 0 Å². The molecule has 0 aromatic carbocycles. The Hall–Kier alpha value is -2.24. The maximum atomic E-state index is 11.3. The zero-order chi connectivity index (χ0) is 14.1. The molecule has 98 valence electrons. The van der Waals surface area contributed by atoms with Crippen molar-refractivity contribution in [3.63, 3.8) is 0 Å². The van der Waals surface area contributed by atoms with Gasteiger partial charge in [-0.05, 0) is 13.3 Å². The third kappa shape index (κ3) is 5.74. The van der Waals surface area contributed by atoms with Crippen LogP contribution in [0.1, 0.15) is 20.3 Å². The van der Waals surface area contributed by atoms with E-state index in [1.807, 2.05) is 0 Å². The minimum Gasteiger partial charge on any atom is -0.466 e. The van der Waals surface area contributed by atoms with Crippen molar-refractivity contribution in [2.75, 3.05) is 7.11 Å². The number of carbonyl (C=O) groups excluding carboxylic acids is 4. The molecule has 0 amide bonds. The Morgan fingerprint density at radius 1 is 1.17 bits per heavy atom. The second-order valence-corrected chi connectivity index (χ2v) is 3.24. The van der Waals surface area contributed by atoms with Crippen molar-refractivity contribution in [3.05, 3.63) is 23.5 Å². The third-order valence-corrected chi connectivity index (χ3v) is 1.86. The fourth-order valence-corrected chi connectivity index (χ4v) is 1.07. The van der Waals surface area contributed by atoms with Crippen molar-refractivity contribution in [2.45, 2.75) is 20.3 Å². The predicted molar refractivity (Wildman–Crippen MR) is 61.3 cm³/mol. The minimum absolute atomic E-state index is 0.00815. The van der Waals surface area contributed by atoms with Gasteiger partial charge >= 0.3 is 11.9 Å². The van der Waals surface area contributed by atoms with Crippen LogP contribution in [0.4, 0.5) is 0 Å². The average Bonchev–Trinajstić information content (AvgIpc) is 2.31. The van der Waals surface area contributed by atoms with Gasteiger partial charge in [-0.1, -0.05) is 6.08 Å². The van der Waals surface area contributed by atoms with Crippen LogP contribution < -0.4 is 0 Å². The number of hydrogen-bond acceptors (Lipinski definition) is 6. The number of ether oxygens (including phenoxy) is 2. The van der Waals surface area contributed by atoms with E-state index in [2.05, 4.69) is 9.47 Å². The highest BCUT2D eigenvalue weighted by Crippen LogP contribution is 2.11. The first-order valence-electron chi connectivity index (χ1n) is 5.04. The molecule has 0 N–H and O–H groups in total. The van der Waals surface area contributed by atoms with Crippen LogP contribution in [0.15, 0.2) is 23.5 Å². The molecule has 18 heavy (non-hydrogen) atoms. The van der Waals surface area contributed by atoms with Gasteiger partial charge in [0, 0.05) is 18.6 Å². The molecule has 0 aliphatic rings. The molecule has 0 saturated heterocycles. The number of allylic oxidation sites excluding steroid dienone is 3. The zero-order valence-corrected chi connectivity index (χ0v) is 10.4. The molecule has 0 radical (unpaired) electrons. The summed E-state index contributed by atoms with van der Waals surface area (Å²) in [6.45, 7) is 2.35. The molecule has 0 saturated carbocycles. The lowest BCUT2D eigenvalue weighted by atomic mass is 10.1. The van der Waals surface area contributed by atoms with Gasteiger partial charge in [-0.3, -0.25) is 14.4 Å². The van der Waals surface area contributed by atoms with Crippen LogP contribution in [0.25, 0.3) is 0 Å². The van der Waals surface area contributed by atoms with Gasteiger partial charge in [-0.2, -0.15) is 0 Å². The predicted octanol–water partition coefficient (Wildman–Crippen LogP) is 0.711. The van der Waals surface area contributed by atoms with Gasteiger partial charge < -0.3 is 9.47 Å². The first-order valence-corrected chi connectivity index (χ1v) is 5.04. The van der Waals surface area contributed by atoms with Crippen molar-refractivity contribution in [1.82, 2.24) is 0 Å². The van der Waals surface area contributed by atoms with Crippen LogP contribution in [0.3, 0.4) is 0 Å². The summed E-state index contributed by atoms with van der Waals surface area (Å²) in [5, 5.41) is 0. The topological polar surface area (TPSA) is 86.7 Å². The van der Waals surface area contributed by atoms with E-state index in [9.17, 15) is 19.2 Å². The first kappa shape index (κ1) is 15.8. The molecule has 0 heterocycles. The van der Waals surface area contributed by atoms with Crippen molar-refractivity contribution in [2.24, 2.45) is 0 Å². The van der Waals surface area contributed by atoms with Crippen molar-refractivity contribution in [1.29, 1.82) is 0 Å². The quantitative estimate of drug-likeness (QED) is 0.300. The molecule has 0 fully saturated rings. The molecule has 0 aliphatic carbocycles. The van der Waals surface area contributed by atoms with Gasteiger partial charge in [0.15, 0.2) is 17.8 Å². The second-order valence-electron chi connectivity index (χ2n) is 3.24. The van der Waals surface area contributed by atoms with Crippen LogP contribution in [0.2, 0.25) is 0 Å². The standard InChI is InChI=1S/C12H14O6/c1-8(14)10(5-4-6-12(16)17-3)11(7-13)18-9(2)15/h4,6-7H,5H2,1-3H3. The largest absolute Gasteiger partial charge is 0.466 e. The highest BCUT2D eigenvalue weighted by atomic mass is 16.5. The molecule has 0 rings (SSSR count). The average molecular weight is 254 g/mol. The lowest BCUT2D eigenvalue weighted by Crippen LogP contribution is -2.08. The highest BCUT2D eigenvalue weighted by molar-refractivity contribution is 5.99. The number of methoxy groups -OCH3 is 1. The fraction of sp³-hybridized carbons (Fsp3) is 0.333. The van der Waals surface area contributed by atoms with Crippen LogP contribution in [-0.2, 0) is 28.7 Å². The van der Waals surface area contributed by atoms with E-state index < -0.39 is 17.7 Å². The van der Waals surface area contributed by atoms with Crippen LogP contribution in [-0.4, -0.2) is 31.1 Å². The second kappa shape index (κ2) is 7.94. The summed E-state index contributed by atoms with van der Waals surface area (Å²) in [5.41, 5.74) is 0.0142. The van der Waals surface area contributed by atoms with Gasteiger partial charge in [0.1, 0.15) is 0 Å². The number of aldehydes is 1. The van der Waals surface area contributed by atoms with Crippen LogP contribution in [0.5, 0.6) is 0 Å². The molecule has 0 bridgehead atoms. The number of hydrogen-bond donors (Lipinski definition) is 0. The van der Waals surface area contributed by atoms with E-state index in [1.165, 1.54) is 20.1 Å². The number of rotatable bonds is 6. The highest BCUT2D eigenvalue weighted by Gasteiger charge is 2.13. The summed E-state index contributed by atoms with van der Waals surface area (Å²) in [7, 11) is 1.21. The molecule has 0 aliphatic heterocycles. The molecule has 6 heteroatoms. The summed E-state index contributed by atoms with van der Waals surface area (Å²) >= 11 is 0. The van der Waals surface area contributed by atoms with Crippen LogP contribution in [0, 0.1) is 0 Å². The van der Waals surface area contributed by atoms with Gasteiger partial charge in [0.05, 0.1) is 7.11 Å². The molecular formula is C12H14O6. The van der Waals surface area contributed by atoms with E-state index in [4.69, 9.17) is 0 Å². The van der Waals surface area contributed by atoms with E-state index in [1.54, 1.807) is 0 Å². The van der Waals surface area contributed by atoms with Crippen molar-refractivity contribution >= 4 is 24.0 Å². The van der Waals surface area contributed by atoms with Gasteiger partial charge in [-0.15, -0.1) is 0 Å². The lowest BCUT2D eigenvalue weighted by Gasteiger charge is -2.05. The maximum Gasteiger partial charge on any atom is 0.330 e. The zero-order valence-electron chi connectivity index (χ0n) is 10.4. The molecule has 0 spiro atoms. The summed E-state index contributed by atoms with van der Waals surface area (Å²) in [6, 6.07) is 0. The van der Waals surface area contributed by atoms with E-state index in [0.29, 0.717) is 0 Å². The Labute approximate surface area is 104 Å². The lowest BCUT2D eigenvalue weighted by molar-refractivity contribution is -0.138. The summed E-state index contributed by atoms with van der Waals surface area (Å²) < 4.78 is 8.97. The number of ketones is 1. The molecule has 0 aromatic rings. The smallest absolute Gasteiger partial charge is 0.330 e. The number of Topliss-reactive ketones (excluding diaryl/α,β-unsaturated/α-hetero) is 1. The molecule has 0 atom stereocenters. The summed E-state index contributed by atoms with van der Waals surface area (Å²) in [6.07, 6.45) is 2.73. The first-order chi connectivity index (χ1) is 8.42. The van der Waals surface area contributed by atoms with Crippen molar-refractivity contribution in [3.8, 4) is 0 Å².